The highest BCUT2D eigenvalue weighted by Gasteiger charge is 2.18. The molecule has 0 amide bonds. The van der Waals surface area contributed by atoms with E-state index in [4.69, 9.17) is 0 Å². The molecule has 3 aromatic heterocycles. The van der Waals surface area contributed by atoms with E-state index < -0.39 is 15.7 Å². The Balaban J connectivity index is 1.54. The first kappa shape index (κ1) is 23.9. The Morgan fingerprint density at radius 1 is 1.00 bits per heavy atom. The standard InChI is InChI=1S/C26H25N5O4S/c1-16-20(8-9-23-22(16)14-29-31(23)15-26(2,3)32)25-21-12-24(28-13-17(21)10-11-27-25)30-18-4-6-19(7-5-18)36(33,34)35/h4-14,32H,15H2,1-3H3,(H,28,30)(H,33,34,35). The minimum Gasteiger partial charge on any atom is -0.389 e. The van der Waals surface area contributed by atoms with E-state index in [9.17, 15) is 18.1 Å². The van der Waals surface area contributed by atoms with Crippen LogP contribution in [-0.2, 0) is 16.7 Å². The summed E-state index contributed by atoms with van der Waals surface area (Å²) in [6.45, 7) is 5.92. The predicted octanol–water partition coefficient (Wildman–Crippen LogP) is 4.72. The number of hydrogen-bond acceptors (Lipinski definition) is 7. The van der Waals surface area contributed by atoms with Crippen LogP contribution in [0.3, 0.4) is 0 Å². The largest absolute Gasteiger partial charge is 0.389 e. The number of nitrogens with one attached hydrogen (secondary N) is 1. The maximum absolute atomic E-state index is 11.3. The van der Waals surface area contributed by atoms with Gasteiger partial charge in [-0.15, -0.1) is 0 Å². The molecule has 0 bridgehead atoms. The molecule has 10 heteroatoms. The molecule has 0 atom stereocenters. The summed E-state index contributed by atoms with van der Waals surface area (Å²) in [7, 11) is -4.26. The number of pyridine rings is 2. The lowest BCUT2D eigenvalue weighted by atomic mass is 9.98. The van der Waals surface area contributed by atoms with Gasteiger partial charge in [0.2, 0.25) is 0 Å². The molecular weight excluding hydrogens is 478 g/mol. The van der Waals surface area contributed by atoms with Crippen LogP contribution in [0.5, 0.6) is 0 Å². The molecule has 184 valence electrons. The summed E-state index contributed by atoms with van der Waals surface area (Å²) in [5, 5.41) is 20.7. The zero-order chi connectivity index (χ0) is 25.7. The first-order chi connectivity index (χ1) is 17.0. The van der Waals surface area contributed by atoms with Gasteiger partial charge in [-0.3, -0.25) is 14.2 Å². The van der Waals surface area contributed by atoms with Crippen LogP contribution in [0.1, 0.15) is 19.4 Å². The predicted molar refractivity (Wildman–Crippen MR) is 139 cm³/mol. The molecule has 3 N–H and O–H groups in total. The monoisotopic (exact) mass is 503 g/mol. The zero-order valence-electron chi connectivity index (χ0n) is 20.0. The number of aryl methyl sites for hydroxylation is 1. The second kappa shape index (κ2) is 8.66. The van der Waals surface area contributed by atoms with Crippen molar-refractivity contribution >= 4 is 43.3 Å². The first-order valence-corrected chi connectivity index (χ1v) is 12.7. The maximum atomic E-state index is 11.3. The van der Waals surface area contributed by atoms with E-state index in [0.717, 1.165) is 38.5 Å². The van der Waals surface area contributed by atoms with Crippen LogP contribution >= 0.6 is 0 Å². The average Bonchev–Trinajstić information content (AvgIpc) is 3.21. The lowest BCUT2D eigenvalue weighted by molar-refractivity contribution is 0.0591. The van der Waals surface area contributed by atoms with Crippen molar-refractivity contribution in [3.63, 3.8) is 0 Å². The minimum atomic E-state index is -4.26. The molecule has 2 aromatic carbocycles. The summed E-state index contributed by atoms with van der Waals surface area (Å²) in [5.74, 6) is 0.563. The molecule has 0 aliphatic carbocycles. The van der Waals surface area contributed by atoms with Crippen LogP contribution in [0.2, 0.25) is 0 Å². The van der Waals surface area contributed by atoms with Gasteiger partial charge in [0.1, 0.15) is 5.82 Å². The van der Waals surface area contributed by atoms with E-state index >= 15 is 0 Å². The fourth-order valence-corrected chi connectivity index (χ4v) is 4.73. The number of hydrogen-bond donors (Lipinski definition) is 3. The van der Waals surface area contributed by atoms with Gasteiger partial charge in [-0.05, 0) is 68.8 Å². The minimum absolute atomic E-state index is 0.178. The topological polar surface area (TPSA) is 130 Å². The van der Waals surface area contributed by atoms with Gasteiger partial charge in [0.25, 0.3) is 10.1 Å². The third-order valence-corrected chi connectivity index (χ3v) is 6.83. The van der Waals surface area contributed by atoms with Crippen molar-refractivity contribution in [2.75, 3.05) is 5.32 Å². The highest BCUT2D eigenvalue weighted by Crippen LogP contribution is 2.34. The number of benzene rings is 2. The second-order valence-electron chi connectivity index (χ2n) is 9.36. The van der Waals surface area contributed by atoms with Crippen LogP contribution < -0.4 is 5.32 Å². The van der Waals surface area contributed by atoms with Crippen LogP contribution in [-0.4, -0.2) is 43.4 Å². The van der Waals surface area contributed by atoms with E-state index in [2.05, 4.69) is 20.4 Å². The Morgan fingerprint density at radius 3 is 2.44 bits per heavy atom. The summed E-state index contributed by atoms with van der Waals surface area (Å²) in [4.78, 5) is 8.98. The van der Waals surface area contributed by atoms with Crippen molar-refractivity contribution in [3.8, 4) is 11.3 Å². The molecule has 0 aliphatic rings. The third-order valence-electron chi connectivity index (χ3n) is 5.96. The second-order valence-corrected chi connectivity index (χ2v) is 10.8. The number of rotatable bonds is 6. The molecule has 0 unspecified atom stereocenters. The van der Waals surface area contributed by atoms with Gasteiger partial charge in [-0.2, -0.15) is 13.5 Å². The van der Waals surface area contributed by atoms with Gasteiger partial charge in [-0.25, -0.2) is 4.98 Å². The number of nitrogens with zero attached hydrogens (tertiary/aromatic N) is 4. The molecule has 0 fully saturated rings. The highest BCUT2D eigenvalue weighted by atomic mass is 32.2. The number of anilines is 2. The molecular formula is C26H25N5O4S. The van der Waals surface area contributed by atoms with Gasteiger partial charge in [-0.1, -0.05) is 6.07 Å². The highest BCUT2D eigenvalue weighted by molar-refractivity contribution is 7.85. The number of aromatic nitrogens is 4. The molecule has 0 aliphatic heterocycles. The van der Waals surface area contributed by atoms with Crippen molar-refractivity contribution in [3.05, 3.63) is 72.7 Å². The van der Waals surface area contributed by atoms with Crippen molar-refractivity contribution in [1.29, 1.82) is 0 Å². The Kier molecular flexibility index (Phi) is 5.74. The van der Waals surface area contributed by atoms with E-state index in [-0.39, 0.29) is 4.90 Å². The summed E-state index contributed by atoms with van der Waals surface area (Å²) in [5.41, 5.74) is 3.47. The van der Waals surface area contributed by atoms with E-state index in [1.807, 2.05) is 42.1 Å². The molecule has 36 heavy (non-hydrogen) atoms. The van der Waals surface area contributed by atoms with Crippen LogP contribution in [0.25, 0.3) is 32.9 Å². The quantitative estimate of drug-likeness (QED) is 0.284. The van der Waals surface area contributed by atoms with Crippen molar-refractivity contribution in [2.24, 2.45) is 0 Å². The summed E-state index contributed by atoms with van der Waals surface area (Å²) < 4.78 is 33.6. The molecule has 3 heterocycles. The summed E-state index contributed by atoms with van der Waals surface area (Å²) in [6.07, 6.45) is 5.32. The van der Waals surface area contributed by atoms with Gasteiger partial charge in [0.05, 0.1) is 34.4 Å². The van der Waals surface area contributed by atoms with Crippen LogP contribution in [0, 0.1) is 6.92 Å². The Morgan fingerprint density at radius 2 is 1.75 bits per heavy atom. The smallest absolute Gasteiger partial charge is 0.294 e. The van der Waals surface area contributed by atoms with Crippen LogP contribution in [0.15, 0.2) is 72.0 Å². The lowest BCUT2D eigenvalue weighted by Crippen LogP contribution is -2.26. The molecule has 5 rings (SSSR count). The molecule has 0 radical (unpaired) electrons. The summed E-state index contributed by atoms with van der Waals surface area (Å²) in [6, 6.07) is 13.6. The van der Waals surface area contributed by atoms with Crippen molar-refractivity contribution in [2.45, 2.75) is 37.8 Å². The zero-order valence-corrected chi connectivity index (χ0v) is 20.8. The molecule has 0 saturated carbocycles. The Hall–Kier alpha value is -3.86. The Bertz CT molecular complexity index is 1710. The molecule has 9 nitrogen and oxygen atoms in total. The SMILES string of the molecule is Cc1c(-c2nccc3cnc(Nc4ccc(S(=O)(=O)O)cc4)cc23)ccc2c1cnn2CC(C)(C)O. The Labute approximate surface area is 208 Å². The van der Waals surface area contributed by atoms with E-state index in [1.165, 1.54) is 12.1 Å². The third kappa shape index (κ3) is 4.66. The average molecular weight is 504 g/mol. The van der Waals surface area contributed by atoms with E-state index in [0.29, 0.717) is 18.1 Å². The van der Waals surface area contributed by atoms with E-state index in [1.54, 1.807) is 38.4 Å². The summed E-state index contributed by atoms with van der Waals surface area (Å²) >= 11 is 0. The van der Waals surface area contributed by atoms with Gasteiger partial charge >= 0.3 is 0 Å². The molecule has 5 aromatic rings. The van der Waals surface area contributed by atoms with Crippen LogP contribution in [0.4, 0.5) is 11.5 Å². The fourth-order valence-electron chi connectivity index (χ4n) is 4.25. The lowest BCUT2D eigenvalue weighted by Gasteiger charge is -2.18. The number of fused-ring (bicyclic) bond motifs is 2. The normalized spacial score (nSPS) is 12.4. The van der Waals surface area contributed by atoms with Gasteiger partial charge < -0.3 is 10.4 Å². The molecule has 0 spiro atoms. The van der Waals surface area contributed by atoms with Crippen molar-refractivity contribution < 1.29 is 18.1 Å². The first-order valence-electron chi connectivity index (χ1n) is 11.3. The fraction of sp³-hybridized carbons (Fsp3) is 0.192. The van der Waals surface area contributed by atoms with Gasteiger partial charge in [0, 0.05) is 39.8 Å². The van der Waals surface area contributed by atoms with Crippen molar-refractivity contribution in [1.82, 2.24) is 19.7 Å². The van der Waals surface area contributed by atoms with Gasteiger partial charge in [0.15, 0.2) is 0 Å². The molecule has 0 saturated heterocycles. The number of aliphatic hydroxyl groups is 1. The maximum Gasteiger partial charge on any atom is 0.294 e.